The molecule has 2 rings (SSSR count). The number of carboxylic acids is 1. The van der Waals surface area contributed by atoms with E-state index in [1.54, 1.807) is 0 Å². The number of hydrogen-bond donors (Lipinski definition) is 1. The summed E-state index contributed by atoms with van der Waals surface area (Å²) in [6.45, 7) is 0. The number of carbonyl (C=O) groups is 1. The third-order valence-corrected chi connectivity index (χ3v) is 2.82. The molecule has 0 saturated heterocycles. The number of carboxylic acid groups (broad SMARTS) is 1. The highest BCUT2D eigenvalue weighted by Gasteiger charge is 2.15. The van der Waals surface area contributed by atoms with Crippen LogP contribution in [0.4, 0.5) is 8.78 Å². The van der Waals surface area contributed by atoms with Crippen LogP contribution in [0.5, 0.6) is 0 Å². The fourth-order valence-corrected chi connectivity index (χ4v) is 1.79. The molecule has 17 heavy (non-hydrogen) atoms. The molecular formula is C11H6BrF2NO2. The van der Waals surface area contributed by atoms with E-state index in [1.165, 1.54) is 24.4 Å². The van der Waals surface area contributed by atoms with E-state index in [1.807, 2.05) is 0 Å². The predicted molar refractivity (Wildman–Crippen MR) is 60.3 cm³/mol. The highest BCUT2D eigenvalue weighted by molar-refractivity contribution is 9.10. The first-order valence-corrected chi connectivity index (χ1v) is 5.35. The van der Waals surface area contributed by atoms with Gasteiger partial charge in [0, 0.05) is 12.3 Å². The lowest BCUT2D eigenvalue weighted by atomic mass is 10.3. The number of halogens is 3. The Balaban J connectivity index is 2.64. The molecule has 0 radical (unpaired) electrons. The molecule has 1 N–H and O–H groups in total. The minimum atomic E-state index is -1.19. The van der Waals surface area contributed by atoms with Gasteiger partial charge in [0.05, 0.1) is 10.2 Å². The Kier molecular flexibility index (Phi) is 2.97. The van der Waals surface area contributed by atoms with Gasteiger partial charge in [0.15, 0.2) is 0 Å². The van der Waals surface area contributed by atoms with E-state index in [0.29, 0.717) is 6.07 Å². The quantitative estimate of drug-likeness (QED) is 0.866. The SMILES string of the molecule is O=C(O)c1cccn1-c1cc(Br)c(F)cc1F. The summed E-state index contributed by atoms with van der Waals surface area (Å²) in [4.78, 5) is 10.9. The maximum absolute atomic E-state index is 13.6. The van der Waals surface area contributed by atoms with Crippen LogP contribution in [-0.2, 0) is 0 Å². The second-order valence-electron chi connectivity index (χ2n) is 3.29. The van der Waals surface area contributed by atoms with Gasteiger partial charge >= 0.3 is 5.97 Å². The van der Waals surface area contributed by atoms with Gasteiger partial charge in [0.1, 0.15) is 17.3 Å². The topological polar surface area (TPSA) is 42.2 Å². The maximum atomic E-state index is 13.6. The zero-order valence-electron chi connectivity index (χ0n) is 8.32. The van der Waals surface area contributed by atoms with Crippen LogP contribution in [0, 0.1) is 11.6 Å². The van der Waals surface area contributed by atoms with Gasteiger partial charge in [-0.3, -0.25) is 0 Å². The molecule has 0 atom stereocenters. The summed E-state index contributed by atoms with van der Waals surface area (Å²) < 4.78 is 27.8. The van der Waals surface area contributed by atoms with Gasteiger partial charge < -0.3 is 9.67 Å². The number of aromatic carboxylic acids is 1. The number of rotatable bonds is 2. The maximum Gasteiger partial charge on any atom is 0.352 e. The van der Waals surface area contributed by atoms with Crippen molar-refractivity contribution in [3.63, 3.8) is 0 Å². The van der Waals surface area contributed by atoms with Crippen LogP contribution >= 0.6 is 15.9 Å². The molecule has 0 aliphatic carbocycles. The molecule has 3 nitrogen and oxygen atoms in total. The number of aromatic nitrogens is 1. The smallest absolute Gasteiger partial charge is 0.352 e. The molecule has 0 bridgehead atoms. The summed E-state index contributed by atoms with van der Waals surface area (Å²) in [5, 5.41) is 8.90. The van der Waals surface area contributed by atoms with E-state index in [2.05, 4.69) is 15.9 Å². The molecule has 1 heterocycles. The summed E-state index contributed by atoms with van der Waals surface area (Å²) in [6.07, 6.45) is 1.40. The lowest BCUT2D eigenvalue weighted by Gasteiger charge is -2.08. The molecule has 0 amide bonds. The summed E-state index contributed by atoms with van der Waals surface area (Å²) in [5.74, 6) is -2.76. The first-order chi connectivity index (χ1) is 8.00. The first kappa shape index (κ1) is 11.8. The number of hydrogen-bond acceptors (Lipinski definition) is 1. The molecule has 0 aliphatic heterocycles. The summed E-state index contributed by atoms with van der Waals surface area (Å²) >= 11 is 2.92. The summed E-state index contributed by atoms with van der Waals surface area (Å²) in [5.41, 5.74) is -0.122. The van der Waals surface area contributed by atoms with E-state index >= 15 is 0 Å². The number of nitrogens with zero attached hydrogens (tertiary/aromatic N) is 1. The van der Waals surface area contributed by atoms with E-state index < -0.39 is 17.6 Å². The lowest BCUT2D eigenvalue weighted by Crippen LogP contribution is -2.07. The van der Waals surface area contributed by atoms with Crippen molar-refractivity contribution in [3.8, 4) is 5.69 Å². The molecule has 1 aromatic heterocycles. The molecule has 1 aromatic carbocycles. The summed E-state index contributed by atoms with van der Waals surface area (Å²) in [6, 6.07) is 4.70. The average Bonchev–Trinajstić information content (AvgIpc) is 2.72. The highest BCUT2D eigenvalue weighted by atomic mass is 79.9. The Morgan fingerprint density at radius 2 is 2.00 bits per heavy atom. The van der Waals surface area contributed by atoms with Gasteiger partial charge in [0.2, 0.25) is 0 Å². The van der Waals surface area contributed by atoms with E-state index in [4.69, 9.17) is 5.11 Å². The van der Waals surface area contributed by atoms with Crippen molar-refractivity contribution in [2.75, 3.05) is 0 Å². The molecule has 0 saturated carbocycles. The van der Waals surface area contributed by atoms with Crippen molar-refractivity contribution < 1.29 is 18.7 Å². The minimum absolute atomic E-state index is 0.0272. The molecular weight excluding hydrogens is 296 g/mol. The first-order valence-electron chi connectivity index (χ1n) is 4.56. The molecule has 0 fully saturated rings. The van der Waals surface area contributed by atoms with E-state index in [0.717, 1.165) is 4.57 Å². The van der Waals surface area contributed by atoms with Crippen LogP contribution in [-0.4, -0.2) is 15.6 Å². The van der Waals surface area contributed by atoms with Crippen LogP contribution < -0.4 is 0 Å². The van der Waals surface area contributed by atoms with Crippen molar-refractivity contribution in [2.45, 2.75) is 0 Å². The molecule has 88 valence electrons. The molecule has 0 aliphatic rings. The van der Waals surface area contributed by atoms with Crippen LogP contribution in [0.1, 0.15) is 10.5 Å². The van der Waals surface area contributed by atoms with Gasteiger partial charge in [-0.05, 0) is 34.1 Å². The Labute approximate surface area is 103 Å². The standard InChI is InChI=1S/C11H6BrF2NO2/c12-6-4-10(8(14)5-7(6)13)15-3-1-2-9(15)11(16)17/h1-5H,(H,16,17). The predicted octanol–water partition coefficient (Wildman–Crippen LogP) is 3.22. The summed E-state index contributed by atoms with van der Waals surface area (Å²) in [7, 11) is 0. The van der Waals surface area contributed by atoms with E-state index in [-0.39, 0.29) is 15.9 Å². The van der Waals surface area contributed by atoms with Crippen molar-refractivity contribution >= 4 is 21.9 Å². The molecule has 6 heteroatoms. The molecule has 0 unspecified atom stereocenters. The van der Waals surface area contributed by atoms with Gasteiger partial charge in [-0.25, -0.2) is 13.6 Å². The Bertz CT molecular complexity index is 595. The fourth-order valence-electron chi connectivity index (χ4n) is 1.46. The second kappa shape index (κ2) is 4.29. The second-order valence-corrected chi connectivity index (χ2v) is 4.14. The van der Waals surface area contributed by atoms with Gasteiger partial charge in [0.25, 0.3) is 0 Å². The van der Waals surface area contributed by atoms with Gasteiger partial charge in [-0.15, -0.1) is 0 Å². The fraction of sp³-hybridized carbons (Fsp3) is 0. The van der Waals surface area contributed by atoms with Crippen molar-refractivity contribution in [1.29, 1.82) is 0 Å². The zero-order chi connectivity index (χ0) is 12.6. The molecule has 2 aromatic rings. The van der Waals surface area contributed by atoms with Gasteiger partial charge in [-0.2, -0.15) is 0 Å². The van der Waals surface area contributed by atoms with E-state index in [9.17, 15) is 13.6 Å². The zero-order valence-corrected chi connectivity index (χ0v) is 9.91. The van der Waals surface area contributed by atoms with Crippen molar-refractivity contribution in [1.82, 2.24) is 4.57 Å². The molecule has 0 spiro atoms. The van der Waals surface area contributed by atoms with Crippen LogP contribution in [0.3, 0.4) is 0 Å². The van der Waals surface area contributed by atoms with Crippen LogP contribution in [0.25, 0.3) is 5.69 Å². The van der Waals surface area contributed by atoms with Crippen molar-refractivity contribution in [3.05, 3.63) is 52.3 Å². The van der Waals surface area contributed by atoms with Crippen LogP contribution in [0.2, 0.25) is 0 Å². The Hall–Kier alpha value is -1.69. The normalized spacial score (nSPS) is 10.5. The minimum Gasteiger partial charge on any atom is -0.477 e. The Morgan fingerprint density at radius 1 is 1.29 bits per heavy atom. The lowest BCUT2D eigenvalue weighted by molar-refractivity contribution is 0.0688. The third-order valence-electron chi connectivity index (χ3n) is 2.22. The monoisotopic (exact) mass is 301 g/mol. The highest BCUT2D eigenvalue weighted by Crippen LogP contribution is 2.24. The number of benzene rings is 1. The third kappa shape index (κ3) is 2.08. The Morgan fingerprint density at radius 3 is 2.65 bits per heavy atom. The van der Waals surface area contributed by atoms with Crippen molar-refractivity contribution in [2.24, 2.45) is 0 Å². The van der Waals surface area contributed by atoms with Crippen LogP contribution in [0.15, 0.2) is 34.9 Å². The van der Waals surface area contributed by atoms with Gasteiger partial charge in [-0.1, -0.05) is 0 Å². The average molecular weight is 302 g/mol. The largest absolute Gasteiger partial charge is 0.477 e.